The van der Waals surface area contributed by atoms with Crippen molar-refractivity contribution in [2.24, 2.45) is 5.92 Å². The number of hydrogen-bond donors (Lipinski definition) is 2. The molecule has 2 heterocycles. The van der Waals surface area contributed by atoms with Crippen LogP contribution in [0.1, 0.15) is 51.5 Å². The zero-order valence-electron chi connectivity index (χ0n) is 17.9. The maximum absolute atomic E-state index is 12.4. The number of benzene rings is 1. The minimum Gasteiger partial charge on any atom is -0.352 e. The highest BCUT2D eigenvalue weighted by Gasteiger charge is 2.26. The van der Waals surface area contributed by atoms with Gasteiger partial charge >= 0.3 is 6.03 Å². The first-order valence-corrected chi connectivity index (χ1v) is 11.1. The van der Waals surface area contributed by atoms with E-state index in [0.29, 0.717) is 12.3 Å². The number of carbonyl (C=O) groups is 2. The largest absolute Gasteiger partial charge is 0.352 e. The van der Waals surface area contributed by atoms with Crippen molar-refractivity contribution >= 4 is 11.9 Å². The fraction of sp³-hybridized carbons (Fsp3) is 0.652. The summed E-state index contributed by atoms with van der Waals surface area (Å²) >= 11 is 0. The Morgan fingerprint density at radius 2 is 1.79 bits per heavy atom. The van der Waals surface area contributed by atoms with E-state index in [4.69, 9.17) is 0 Å². The number of urea groups is 1. The minimum absolute atomic E-state index is 0.0393. The van der Waals surface area contributed by atoms with Crippen molar-refractivity contribution < 1.29 is 9.59 Å². The van der Waals surface area contributed by atoms with Gasteiger partial charge in [-0.3, -0.25) is 9.69 Å². The molecule has 0 radical (unpaired) electrons. The highest BCUT2D eigenvalue weighted by atomic mass is 16.2. The lowest BCUT2D eigenvalue weighted by atomic mass is 9.92. The predicted molar refractivity (Wildman–Crippen MR) is 115 cm³/mol. The number of amides is 3. The Morgan fingerprint density at radius 1 is 1.07 bits per heavy atom. The van der Waals surface area contributed by atoms with E-state index >= 15 is 0 Å². The van der Waals surface area contributed by atoms with Gasteiger partial charge in [0.15, 0.2) is 0 Å². The normalized spacial score (nSPS) is 20.8. The summed E-state index contributed by atoms with van der Waals surface area (Å²) in [4.78, 5) is 28.8. The van der Waals surface area contributed by atoms with E-state index in [1.807, 2.05) is 24.8 Å². The van der Waals surface area contributed by atoms with Gasteiger partial charge in [0, 0.05) is 51.2 Å². The smallest absolute Gasteiger partial charge is 0.317 e. The zero-order valence-corrected chi connectivity index (χ0v) is 17.9. The third kappa shape index (κ3) is 7.03. The summed E-state index contributed by atoms with van der Waals surface area (Å²) < 4.78 is 0. The number of likely N-dealkylation sites (tertiary alicyclic amines) is 2. The van der Waals surface area contributed by atoms with E-state index in [-0.39, 0.29) is 24.0 Å². The van der Waals surface area contributed by atoms with Gasteiger partial charge in [-0.05, 0) is 51.0 Å². The lowest BCUT2D eigenvalue weighted by molar-refractivity contribution is -0.122. The predicted octanol–water partition coefficient (Wildman–Crippen LogP) is 2.99. The SMILES string of the molecule is CC(C)NC(=O)N1CCC(CCC(=O)N[C@@H]2CCN(Cc3ccccc3)C2)CC1. The first-order chi connectivity index (χ1) is 14.0. The number of hydrogen-bond acceptors (Lipinski definition) is 3. The Morgan fingerprint density at radius 3 is 2.48 bits per heavy atom. The van der Waals surface area contributed by atoms with Crippen LogP contribution in [0.3, 0.4) is 0 Å². The summed E-state index contributed by atoms with van der Waals surface area (Å²) in [5.74, 6) is 0.721. The van der Waals surface area contributed by atoms with Gasteiger partial charge in [0.1, 0.15) is 0 Å². The lowest BCUT2D eigenvalue weighted by Crippen LogP contribution is -2.46. The van der Waals surface area contributed by atoms with Crippen LogP contribution in [0.15, 0.2) is 30.3 Å². The third-order valence-electron chi connectivity index (χ3n) is 5.98. The Labute approximate surface area is 175 Å². The quantitative estimate of drug-likeness (QED) is 0.740. The molecule has 6 nitrogen and oxygen atoms in total. The van der Waals surface area contributed by atoms with Crippen molar-refractivity contribution in [1.82, 2.24) is 20.4 Å². The number of nitrogens with zero attached hydrogens (tertiary/aromatic N) is 2. The van der Waals surface area contributed by atoms with Crippen LogP contribution in [0, 0.1) is 5.92 Å². The highest BCUT2D eigenvalue weighted by molar-refractivity contribution is 5.76. The molecule has 3 rings (SSSR count). The summed E-state index contributed by atoms with van der Waals surface area (Å²) in [7, 11) is 0. The third-order valence-corrected chi connectivity index (χ3v) is 5.98. The topological polar surface area (TPSA) is 64.7 Å². The molecule has 0 aliphatic carbocycles. The van der Waals surface area contributed by atoms with Crippen LogP contribution in [0.25, 0.3) is 0 Å². The van der Waals surface area contributed by atoms with Crippen molar-refractivity contribution in [1.29, 1.82) is 0 Å². The van der Waals surface area contributed by atoms with Crippen LogP contribution in [0.4, 0.5) is 4.79 Å². The van der Waals surface area contributed by atoms with E-state index in [1.165, 1.54) is 5.56 Å². The maximum atomic E-state index is 12.4. The second-order valence-corrected chi connectivity index (χ2v) is 8.85. The first-order valence-electron chi connectivity index (χ1n) is 11.1. The van der Waals surface area contributed by atoms with Crippen LogP contribution >= 0.6 is 0 Å². The molecule has 0 spiro atoms. The lowest BCUT2D eigenvalue weighted by Gasteiger charge is -2.32. The molecule has 1 aromatic rings. The standard InChI is InChI=1S/C23H36N4O2/c1-18(2)24-23(29)27-14-10-19(11-15-27)8-9-22(28)25-21-12-13-26(17-21)16-20-6-4-3-5-7-20/h3-7,18-19,21H,8-17H2,1-2H3,(H,24,29)(H,25,28)/t21-/m1/s1. The van der Waals surface area contributed by atoms with E-state index in [1.54, 1.807) is 0 Å². The van der Waals surface area contributed by atoms with Gasteiger partial charge in [0.05, 0.1) is 0 Å². The summed E-state index contributed by atoms with van der Waals surface area (Å²) in [6, 6.07) is 11.0. The van der Waals surface area contributed by atoms with Crippen molar-refractivity contribution in [3.63, 3.8) is 0 Å². The monoisotopic (exact) mass is 400 g/mol. The van der Waals surface area contributed by atoms with Crippen molar-refractivity contribution in [2.75, 3.05) is 26.2 Å². The van der Waals surface area contributed by atoms with Gasteiger partial charge in [-0.25, -0.2) is 4.79 Å². The molecule has 3 amide bonds. The molecule has 1 aromatic carbocycles. The fourth-order valence-corrected chi connectivity index (χ4v) is 4.33. The summed E-state index contributed by atoms with van der Waals surface area (Å²) in [5.41, 5.74) is 1.33. The van der Waals surface area contributed by atoms with Crippen LogP contribution in [0.2, 0.25) is 0 Å². The van der Waals surface area contributed by atoms with E-state index in [9.17, 15) is 9.59 Å². The van der Waals surface area contributed by atoms with Crippen LogP contribution < -0.4 is 10.6 Å². The highest BCUT2D eigenvalue weighted by Crippen LogP contribution is 2.22. The summed E-state index contributed by atoms with van der Waals surface area (Å²) in [5, 5.41) is 6.18. The second kappa shape index (κ2) is 10.6. The van der Waals surface area contributed by atoms with Crippen LogP contribution in [-0.2, 0) is 11.3 Å². The zero-order chi connectivity index (χ0) is 20.6. The molecule has 2 N–H and O–H groups in total. The minimum atomic E-state index is 0.0393. The molecule has 2 saturated heterocycles. The Balaban J connectivity index is 1.30. The molecule has 0 saturated carbocycles. The average molecular weight is 401 g/mol. The van der Waals surface area contributed by atoms with Crippen LogP contribution in [-0.4, -0.2) is 60.0 Å². The Kier molecular flexibility index (Phi) is 7.92. The average Bonchev–Trinajstić information content (AvgIpc) is 3.13. The van der Waals surface area contributed by atoms with Crippen molar-refractivity contribution in [2.45, 2.75) is 64.6 Å². The van der Waals surface area contributed by atoms with Gasteiger partial charge in [0.25, 0.3) is 0 Å². The number of rotatable bonds is 7. The second-order valence-electron chi connectivity index (χ2n) is 8.85. The number of carbonyl (C=O) groups excluding carboxylic acids is 2. The number of piperidine rings is 1. The van der Waals surface area contributed by atoms with Crippen LogP contribution in [0.5, 0.6) is 0 Å². The molecular formula is C23H36N4O2. The van der Waals surface area contributed by atoms with Gasteiger partial charge in [0.2, 0.25) is 5.91 Å². The van der Waals surface area contributed by atoms with Crippen molar-refractivity contribution in [3.05, 3.63) is 35.9 Å². The Bertz CT molecular complexity index is 656. The molecule has 0 aromatic heterocycles. The fourth-order valence-electron chi connectivity index (χ4n) is 4.33. The van der Waals surface area contributed by atoms with Crippen molar-refractivity contribution in [3.8, 4) is 0 Å². The maximum Gasteiger partial charge on any atom is 0.317 e. The van der Waals surface area contributed by atoms with Gasteiger partial charge in [-0.1, -0.05) is 30.3 Å². The van der Waals surface area contributed by atoms with Gasteiger partial charge in [-0.2, -0.15) is 0 Å². The van der Waals surface area contributed by atoms with E-state index in [2.05, 4.69) is 39.8 Å². The molecule has 1 atom stereocenters. The molecule has 0 bridgehead atoms. The van der Waals surface area contributed by atoms with E-state index < -0.39 is 0 Å². The molecule has 160 valence electrons. The molecule has 29 heavy (non-hydrogen) atoms. The molecule has 2 aliphatic heterocycles. The van der Waals surface area contributed by atoms with E-state index in [0.717, 1.165) is 58.4 Å². The van der Waals surface area contributed by atoms with Gasteiger partial charge in [-0.15, -0.1) is 0 Å². The molecule has 6 heteroatoms. The summed E-state index contributed by atoms with van der Waals surface area (Å²) in [6.45, 7) is 8.48. The molecule has 2 aliphatic rings. The summed E-state index contributed by atoms with van der Waals surface area (Å²) in [6.07, 6.45) is 4.53. The first kappa shape index (κ1) is 21.6. The molecular weight excluding hydrogens is 364 g/mol. The Hall–Kier alpha value is -2.08. The molecule has 0 unspecified atom stereocenters. The van der Waals surface area contributed by atoms with Gasteiger partial charge < -0.3 is 15.5 Å². The number of nitrogens with one attached hydrogen (secondary N) is 2. The molecule has 2 fully saturated rings.